The molecule has 0 aliphatic carbocycles. The molecule has 1 unspecified atom stereocenters. The summed E-state index contributed by atoms with van der Waals surface area (Å²) in [6.45, 7) is 5.78. The van der Waals surface area contributed by atoms with E-state index in [1.54, 1.807) is 7.05 Å². The summed E-state index contributed by atoms with van der Waals surface area (Å²) in [5.41, 5.74) is 1.92. The van der Waals surface area contributed by atoms with Crippen LogP contribution in [0.15, 0.2) is 24.3 Å². The molecule has 5 nitrogen and oxygen atoms in total. The van der Waals surface area contributed by atoms with E-state index in [0.717, 1.165) is 12.1 Å². The molecule has 0 spiro atoms. The molecule has 2 N–H and O–H groups in total. The van der Waals surface area contributed by atoms with Gasteiger partial charge in [-0.1, -0.05) is 39.3 Å². The highest BCUT2D eigenvalue weighted by atomic mass is 16.4. The summed E-state index contributed by atoms with van der Waals surface area (Å²) in [7, 11) is 1.63. The SMILES string of the molecule is CCc1ccc(N(C)C(=O)N[C@H](C(=O)O)C(C)CC)cc1. The van der Waals surface area contributed by atoms with Gasteiger partial charge in [0.25, 0.3) is 0 Å². The molecular formula is C16H24N2O3. The van der Waals surface area contributed by atoms with E-state index in [9.17, 15) is 14.7 Å². The van der Waals surface area contributed by atoms with Crippen LogP contribution in [0.5, 0.6) is 0 Å². The highest BCUT2D eigenvalue weighted by Gasteiger charge is 2.26. The number of nitrogens with zero attached hydrogens (tertiary/aromatic N) is 1. The highest BCUT2D eigenvalue weighted by Crippen LogP contribution is 2.15. The molecule has 0 aromatic heterocycles. The van der Waals surface area contributed by atoms with E-state index >= 15 is 0 Å². The summed E-state index contributed by atoms with van der Waals surface area (Å²) in [6.07, 6.45) is 1.62. The topological polar surface area (TPSA) is 69.6 Å². The number of carbonyl (C=O) groups excluding carboxylic acids is 1. The molecule has 0 heterocycles. The molecule has 0 bridgehead atoms. The zero-order valence-corrected chi connectivity index (χ0v) is 13.1. The number of benzene rings is 1. The average molecular weight is 292 g/mol. The van der Waals surface area contributed by atoms with Gasteiger partial charge in [-0.25, -0.2) is 9.59 Å². The number of aryl methyl sites for hydroxylation is 1. The summed E-state index contributed by atoms with van der Waals surface area (Å²) in [5.74, 6) is -1.13. The van der Waals surface area contributed by atoms with Crippen LogP contribution in [-0.2, 0) is 11.2 Å². The number of hydrogen-bond donors (Lipinski definition) is 2. The Morgan fingerprint density at radius 3 is 2.24 bits per heavy atom. The first-order valence-electron chi connectivity index (χ1n) is 7.26. The molecule has 0 aliphatic heterocycles. The number of carboxylic acids is 1. The normalized spacial score (nSPS) is 13.3. The molecule has 21 heavy (non-hydrogen) atoms. The van der Waals surface area contributed by atoms with Gasteiger partial charge in [0.1, 0.15) is 6.04 Å². The zero-order valence-electron chi connectivity index (χ0n) is 13.1. The van der Waals surface area contributed by atoms with Crippen LogP contribution < -0.4 is 10.2 Å². The Labute approximate surface area is 126 Å². The van der Waals surface area contributed by atoms with E-state index in [1.165, 1.54) is 10.5 Å². The number of aliphatic carboxylic acids is 1. The summed E-state index contributed by atoms with van der Waals surface area (Å²) in [6, 6.07) is 6.35. The van der Waals surface area contributed by atoms with Crippen LogP contribution >= 0.6 is 0 Å². The van der Waals surface area contributed by atoms with E-state index < -0.39 is 18.0 Å². The minimum absolute atomic E-state index is 0.123. The highest BCUT2D eigenvalue weighted by molar-refractivity contribution is 5.94. The minimum Gasteiger partial charge on any atom is -0.480 e. The van der Waals surface area contributed by atoms with E-state index in [2.05, 4.69) is 12.2 Å². The molecule has 1 rings (SSSR count). The second-order valence-corrected chi connectivity index (χ2v) is 5.23. The molecule has 0 saturated heterocycles. The van der Waals surface area contributed by atoms with Gasteiger partial charge in [0.2, 0.25) is 0 Å². The zero-order chi connectivity index (χ0) is 16.0. The van der Waals surface area contributed by atoms with Gasteiger partial charge in [-0.3, -0.25) is 4.90 Å². The van der Waals surface area contributed by atoms with Crippen molar-refractivity contribution in [2.24, 2.45) is 5.92 Å². The van der Waals surface area contributed by atoms with Crippen molar-refractivity contribution in [2.75, 3.05) is 11.9 Å². The van der Waals surface area contributed by atoms with Crippen LogP contribution in [0.3, 0.4) is 0 Å². The maximum atomic E-state index is 12.2. The third-order valence-corrected chi connectivity index (χ3v) is 3.79. The largest absolute Gasteiger partial charge is 0.480 e. The number of nitrogens with one attached hydrogen (secondary N) is 1. The molecule has 0 saturated carbocycles. The third kappa shape index (κ3) is 4.48. The molecular weight excluding hydrogens is 268 g/mol. The Balaban J connectivity index is 2.78. The van der Waals surface area contributed by atoms with Crippen LogP contribution in [0.2, 0.25) is 0 Å². The lowest BCUT2D eigenvalue weighted by Gasteiger charge is -2.24. The van der Waals surface area contributed by atoms with E-state index in [0.29, 0.717) is 6.42 Å². The van der Waals surface area contributed by atoms with Gasteiger partial charge in [0.15, 0.2) is 0 Å². The molecule has 1 aromatic carbocycles. The Morgan fingerprint density at radius 2 is 1.81 bits per heavy atom. The smallest absolute Gasteiger partial charge is 0.326 e. The first kappa shape index (κ1) is 17.0. The van der Waals surface area contributed by atoms with Crippen LogP contribution in [0.1, 0.15) is 32.8 Å². The Kier molecular flexibility index (Phi) is 6.21. The first-order chi connectivity index (χ1) is 9.90. The Hall–Kier alpha value is -2.04. The summed E-state index contributed by atoms with van der Waals surface area (Å²) in [5, 5.41) is 11.8. The van der Waals surface area contributed by atoms with Crippen molar-refractivity contribution in [3.05, 3.63) is 29.8 Å². The first-order valence-corrected chi connectivity index (χ1v) is 7.26. The van der Waals surface area contributed by atoms with Crippen molar-refractivity contribution in [2.45, 2.75) is 39.7 Å². The van der Waals surface area contributed by atoms with Gasteiger partial charge in [-0.2, -0.15) is 0 Å². The van der Waals surface area contributed by atoms with Crippen molar-refractivity contribution >= 4 is 17.7 Å². The fourth-order valence-electron chi connectivity index (χ4n) is 1.99. The van der Waals surface area contributed by atoms with Crippen molar-refractivity contribution in [1.29, 1.82) is 0 Å². The number of amides is 2. The third-order valence-electron chi connectivity index (χ3n) is 3.79. The van der Waals surface area contributed by atoms with Crippen molar-refractivity contribution in [1.82, 2.24) is 5.32 Å². The Bertz CT molecular complexity index is 485. The molecule has 0 fully saturated rings. The molecule has 5 heteroatoms. The van der Waals surface area contributed by atoms with E-state index in [1.807, 2.05) is 38.1 Å². The molecule has 116 valence electrons. The maximum absolute atomic E-state index is 12.2. The van der Waals surface area contributed by atoms with Crippen molar-refractivity contribution < 1.29 is 14.7 Å². The van der Waals surface area contributed by atoms with Gasteiger partial charge in [-0.05, 0) is 30.0 Å². The lowest BCUT2D eigenvalue weighted by Crippen LogP contribution is -2.49. The van der Waals surface area contributed by atoms with Gasteiger partial charge in [0.05, 0.1) is 0 Å². The van der Waals surface area contributed by atoms with Gasteiger partial charge < -0.3 is 10.4 Å². The van der Waals surface area contributed by atoms with Crippen LogP contribution in [-0.4, -0.2) is 30.2 Å². The van der Waals surface area contributed by atoms with E-state index in [-0.39, 0.29) is 5.92 Å². The summed E-state index contributed by atoms with van der Waals surface area (Å²) >= 11 is 0. The predicted molar refractivity (Wildman–Crippen MR) is 83.6 cm³/mol. The number of rotatable bonds is 6. The lowest BCUT2D eigenvalue weighted by atomic mass is 9.99. The van der Waals surface area contributed by atoms with Gasteiger partial charge in [0, 0.05) is 12.7 Å². The average Bonchev–Trinajstić information content (AvgIpc) is 2.50. The molecule has 2 atom stereocenters. The van der Waals surface area contributed by atoms with Gasteiger partial charge >= 0.3 is 12.0 Å². The molecule has 0 radical (unpaired) electrons. The number of anilines is 1. The fourth-order valence-corrected chi connectivity index (χ4v) is 1.99. The van der Waals surface area contributed by atoms with Crippen molar-refractivity contribution in [3.63, 3.8) is 0 Å². The van der Waals surface area contributed by atoms with E-state index in [4.69, 9.17) is 0 Å². The maximum Gasteiger partial charge on any atom is 0.326 e. The molecule has 2 amide bonds. The standard InChI is InChI=1S/C16H24N2O3/c1-5-11(3)14(15(19)20)17-16(21)18(4)13-9-7-12(6-2)8-10-13/h7-11,14H,5-6H2,1-4H3,(H,17,21)(H,19,20)/t11?,14-/m0/s1. The number of carboxylic acid groups (broad SMARTS) is 1. The quantitative estimate of drug-likeness (QED) is 0.847. The Morgan fingerprint density at radius 1 is 1.24 bits per heavy atom. The number of hydrogen-bond acceptors (Lipinski definition) is 2. The van der Waals surface area contributed by atoms with Gasteiger partial charge in [-0.15, -0.1) is 0 Å². The summed E-state index contributed by atoms with van der Waals surface area (Å²) in [4.78, 5) is 24.9. The predicted octanol–water partition coefficient (Wildman–Crippen LogP) is 2.89. The summed E-state index contributed by atoms with van der Waals surface area (Å²) < 4.78 is 0. The van der Waals surface area contributed by atoms with Crippen LogP contribution in [0.4, 0.5) is 10.5 Å². The minimum atomic E-state index is -1.01. The number of urea groups is 1. The molecule has 1 aromatic rings. The monoisotopic (exact) mass is 292 g/mol. The van der Waals surface area contributed by atoms with Crippen molar-refractivity contribution in [3.8, 4) is 0 Å². The van der Waals surface area contributed by atoms with Crippen LogP contribution in [0.25, 0.3) is 0 Å². The molecule has 0 aliphatic rings. The number of carbonyl (C=O) groups is 2. The fraction of sp³-hybridized carbons (Fsp3) is 0.500. The lowest BCUT2D eigenvalue weighted by molar-refractivity contribution is -0.140. The second-order valence-electron chi connectivity index (χ2n) is 5.23. The van der Waals surface area contributed by atoms with Crippen LogP contribution in [0, 0.1) is 5.92 Å². The second kappa shape index (κ2) is 7.67.